The molecule has 6 heteroatoms. The van der Waals surface area contributed by atoms with E-state index >= 15 is 0 Å². The van der Waals surface area contributed by atoms with Crippen molar-refractivity contribution in [1.82, 2.24) is 0 Å². The van der Waals surface area contributed by atoms with Gasteiger partial charge in [0.2, 0.25) is 0 Å². The molecule has 0 spiro atoms. The summed E-state index contributed by atoms with van der Waals surface area (Å²) in [5, 5.41) is 0.222. The van der Waals surface area contributed by atoms with Crippen LogP contribution >= 0.6 is 34.2 Å². The molecule has 0 fully saturated rings. The molecule has 0 saturated heterocycles. The van der Waals surface area contributed by atoms with Gasteiger partial charge in [-0.15, -0.1) is 0 Å². The van der Waals surface area contributed by atoms with E-state index in [0.717, 1.165) is 10.8 Å². The first kappa shape index (κ1) is 14.9. The third kappa shape index (κ3) is 5.81. The van der Waals surface area contributed by atoms with E-state index in [1.54, 1.807) is 0 Å². The maximum absolute atomic E-state index is 12.1. The van der Waals surface area contributed by atoms with Crippen LogP contribution < -0.4 is 4.74 Å². The maximum atomic E-state index is 12.1. The smallest absolute Gasteiger partial charge is 0.393 e. The van der Waals surface area contributed by atoms with Crippen molar-refractivity contribution >= 4 is 34.2 Å². The molecule has 96 valence electrons. The zero-order chi connectivity index (χ0) is 12.9. The van der Waals surface area contributed by atoms with Gasteiger partial charge in [-0.1, -0.05) is 40.3 Å². The molecule has 1 rings (SSSR count). The second kappa shape index (κ2) is 6.68. The Morgan fingerprint density at radius 1 is 1.29 bits per heavy atom. The Morgan fingerprint density at radius 3 is 2.53 bits per heavy atom. The van der Waals surface area contributed by atoms with Crippen LogP contribution in [0.25, 0.3) is 0 Å². The quantitative estimate of drug-likeness (QED) is 0.412. The topological polar surface area (TPSA) is 9.23 Å². The van der Waals surface area contributed by atoms with Crippen LogP contribution in [-0.4, -0.2) is 17.2 Å². The highest BCUT2D eigenvalue weighted by Crippen LogP contribution is 2.29. The summed E-state index contributed by atoms with van der Waals surface area (Å²) in [7, 11) is 0. The summed E-state index contributed by atoms with van der Waals surface area (Å²) in [6.07, 6.45) is -4.31. The Kier molecular flexibility index (Phi) is 5.85. The van der Waals surface area contributed by atoms with Gasteiger partial charge in [0.15, 0.2) is 0 Å². The molecular weight excluding hydrogens is 367 g/mol. The predicted molar refractivity (Wildman–Crippen MR) is 70.2 cm³/mol. The predicted octanol–water partition coefficient (Wildman–Crippen LogP) is 4.65. The van der Waals surface area contributed by atoms with Gasteiger partial charge in [-0.25, -0.2) is 0 Å². The first-order valence-electron chi connectivity index (χ1n) is 4.96. The van der Waals surface area contributed by atoms with E-state index in [-0.39, 0.29) is 10.6 Å². The molecule has 0 N–H and O–H groups in total. The Bertz CT molecular complexity index is 368. The molecule has 1 aromatic carbocycles. The lowest BCUT2D eigenvalue weighted by Crippen LogP contribution is -2.11. The zero-order valence-corrected chi connectivity index (χ0v) is 11.8. The van der Waals surface area contributed by atoms with Crippen molar-refractivity contribution in [3.8, 4) is 5.75 Å². The third-order valence-corrected chi connectivity index (χ3v) is 2.99. The number of ether oxygens (including phenoxy) is 1. The van der Waals surface area contributed by atoms with E-state index in [1.807, 2.05) is 0 Å². The maximum Gasteiger partial charge on any atom is 0.393 e. The van der Waals surface area contributed by atoms with Crippen LogP contribution in [0.5, 0.6) is 5.75 Å². The number of halogens is 5. The molecule has 0 unspecified atom stereocenters. The molecule has 0 atom stereocenters. The second-order valence-corrected chi connectivity index (χ2v) is 4.93. The Hall–Kier alpha value is -0.170. The van der Waals surface area contributed by atoms with Gasteiger partial charge < -0.3 is 4.74 Å². The van der Waals surface area contributed by atoms with Crippen molar-refractivity contribution in [2.24, 2.45) is 0 Å². The summed E-state index contributed by atoms with van der Waals surface area (Å²) in [5.41, 5.74) is 0.142. The highest BCUT2D eigenvalue weighted by Gasteiger charge is 2.27. The van der Waals surface area contributed by atoms with Crippen molar-refractivity contribution in [3.63, 3.8) is 0 Å². The first-order chi connectivity index (χ1) is 7.92. The van der Waals surface area contributed by atoms with E-state index in [9.17, 15) is 13.2 Å². The molecule has 1 aromatic rings. The zero-order valence-electron chi connectivity index (χ0n) is 8.86. The molecule has 0 aliphatic rings. The highest BCUT2D eigenvalue weighted by molar-refractivity contribution is 14.1. The molecule has 0 aromatic heterocycles. The van der Waals surface area contributed by atoms with E-state index < -0.39 is 12.6 Å². The fourth-order valence-corrected chi connectivity index (χ4v) is 1.81. The fourth-order valence-electron chi connectivity index (χ4n) is 1.24. The molecule has 1 nitrogen and oxygen atoms in total. The molecule has 0 saturated carbocycles. The fraction of sp³-hybridized carbons (Fsp3) is 0.455. The van der Waals surface area contributed by atoms with E-state index in [4.69, 9.17) is 16.3 Å². The lowest BCUT2D eigenvalue weighted by Gasteiger charge is -2.10. The van der Waals surface area contributed by atoms with E-state index in [0.29, 0.717) is 12.4 Å². The van der Waals surface area contributed by atoms with Gasteiger partial charge in [0.05, 0.1) is 18.1 Å². The average Bonchev–Trinajstić information content (AvgIpc) is 2.19. The van der Waals surface area contributed by atoms with Crippen LogP contribution in [0.15, 0.2) is 18.2 Å². The van der Waals surface area contributed by atoms with Crippen molar-refractivity contribution in [2.75, 3.05) is 11.0 Å². The van der Waals surface area contributed by atoms with Crippen LogP contribution in [0.4, 0.5) is 13.2 Å². The van der Waals surface area contributed by atoms with Gasteiger partial charge >= 0.3 is 6.18 Å². The number of hydrogen-bond donors (Lipinski definition) is 0. The minimum Gasteiger partial charge on any atom is -0.492 e. The summed E-state index contributed by atoms with van der Waals surface area (Å²) < 4.78 is 42.7. The Balaban J connectivity index is 2.66. The van der Waals surface area contributed by atoms with E-state index in [2.05, 4.69) is 22.6 Å². The molecule has 0 amide bonds. The summed E-state index contributed by atoms with van der Waals surface area (Å²) >= 11 is 8.06. The van der Waals surface area contributed by atoms with Crippen LogP contribution in [0.2, 0.25) is 5.02 Å². The molecule has 0 bridgehead atoms. The van der Waals surface area contributed by atoms with Gasteiger partial charge in [0.25, 0.3) is 0 Å². The molecule has 0 heterocycles. The van der Waals surface area contributed by atoms with Crippen molar-refractivity contribution in [3.05, 3.63) is 28.8 Å². The minimum atomic E-state index is -4.22. The highest BCUT2D eigenvalue weighted by atomic mass is 127. The van der Waals surface area contributed by atoms with Gasteiger partial charge in [0.1, 0.15) is 5.75 Å². The monoisotopic (exact) mass is 378 g/mol. The molecule has 0 aliphatic heterocycles. The summed E-state index contributed by atoms with van der Waals surface area (Å²) in [6.45, 7) is 0.515. The Labute approximate surface area is 116 Å². The minimum absolute atomic E-state index is 0.142. The number of hydrogen-bond acceptors (Lipinski definition) is 1. The molecule has 0 aliphatic carbocycles. The van der Waals surface area contributed by atoms with Crippen LogP contribution in [0.3, 0.4) is 0 Å². The lowest BCUT2D eigenvalue weighted by atomic mass is 10.1. The average molecular weight is 379 g/mol. The van der Waals surface area contributed by atoms with Crippen LogP contribution in [-0.2, 0) is 6.42 Å². The standard InChI is InChI=1S/C11H11ClF3IO/c12-9-6-8(7-11(13,14)15)2-3-10(9)17-5-1-4-16/h2-3,6H,1,4-5,7H2. The third-order valence-electron chi connectivity index (χ3n) is 1.94. The lowest BCUT2D eigenvalue weighted by molar-refractivity contribution is -0.127. The summed E-state index contributed by atoms with van der Waals surface area (Å²) in [4.78, 5) is 0. The van der Waals surface area contributed by atoms with Gasteiger partial charge in [0, 0.05) is 4.43 Å². The number of rotatable bonds is 5. The molecule has 0 radical (unpaired) electrons. The van der Waals surface area contributed by atoms with Crippen LogP contribution in [0, 0.1) is 0 Å². The number of benzene rings is 1. The first-order valence-corrected chi connectivity index (χ1v) is 6.86. The summed E-state index contributed by atoms with van der Waals surface area (Å²) in [5.74, 6) is 0.433. The van der Waals surface area contributed by atoms with Crippen molar-refractivity contribution in [1.29, 1.82) is 0 Å². The number of alkyl halides is 4. The molecule has 17 heavy (non-hydrogen) atoms. The van der Waals surface area contributed by atoms with Gasteiger partial charge in [-0.3, -0.25) is 0 Å². The largest absolute Gasteiger partial charge is 0.492 e. The molecular formula is C11H11ClF3IO. The Morgan fingerprint density at radius 2 is 2.00 bits per heavy atom. The second-order valence-electron chi connectivity index (χ2n) is 3.45. The van der Waals surface area contributed by atoms with Gasteiger partial charge in [-0.05, 0) is 24.1 Å². The van der Waals surface area contributed by atoms with Crippen molar-refractivity contribution in [2.45, 2.75) is 19.0 Å². The SMILES string of the molecule is FC(F)(F)Cc1ccc(OCCCI)c(Cl)c1. The van der Waals surface area contributed by atoms with Crippen molar-refractivity contribution < 1.29 is 17.9 Å². The summed E-state index contributed by atoms with van der Waals surface area (Å²) in [6, 6.07) is 4.17. The van der Waals surface area contributed by atoms with Gasteiger partial charge in [-0.2, -0.15) is 13.2 Å². The normalized spacial score (nSPS) is 11.6. The van der Waals surface area contributed by atoms with Crippen LogP contribution in [0.1, 0.15) is 12.0 Å². The van der Waals surface area contributed by atoms with E-state index in [1.165, 1.54) is 18.2 Å².